The molecule has 0 atom stereocenters. The van der Waals surface area contributed by atoms with Gasteiger partial charge < -0.3 is 4.90 Å². The molecular weight excluding hydrogens is 362 g/mol. The Labute approximate surface area is 176 Å². The van der Waals surface area contributed by atoms with Crippen LogP contribution >= 0.6 is 0 Å². The molecular formula is C29H21N. The van der Waals surface area contributed by atoms with Gasteiger partial charge in [0.2, 0.25) is 0 Å². The summed E-state index contributed by atoms with van der Waals surface area (Å²) in [4.78, 5) is 2.29. The highest BCUT2D eigenvalue weighted by Crippen LogP contribution is 2.49. The van der Waals surface area contributed by atoms with E-state index in [4.69, 9.17) is 0 Å². The van der Waals surface area contributed by atoms with Crippen LogP contribution in [0.15, 0.2) is 109 Å². The van der Waals surface area contributed by atoms with Crippen molar-refractivity contribution in [1.82, 2.24) is 0 Å². The van der Waals surface area contributed by atoms with Gasteiger partial charge in [-0.25, -0.2) is 0 Å². The zero-order chi connectivity index (χ0) is 20.1. The molecule has 1 aliphatic carbocycles. The third-order valence-electron chi connectivity index (χ3n) is 6.25. The summed E-state index contributed by atoms with van der Waals surface area (Å²) in [5.41, 5.74) is 10.3. The van der Waals surface area contributed by atoms with Gasteiger partial charge in [0, 0.05) is 23.8 Å². The van der Waals surface area contributed by atoms with Crippen molar-refractivity contribution < 1.29 is 0 Å². The Bertz CT molecular complexity index is 1350. The third kappa shape index (κ3) is 2.49. The van der Waals surface area contributed by atoms with E-state index < -0.39 is 0 Å². The highest BCUT2D eigenvalue weighted by atomic mass is 15.1. The fourth-order valence-corrected chi connectivity index (χ4v) is 4.73. The molecule has 0 fully saturated rings. The summed E-state index contributed by atoms with van der Waals surface area (Å²) >= 11 is 0. The largest absolute Gasteiger partial charge is 0.344 e. The van der Waals surface area contributed by atoms with Crippen LogP contribution in [0, 0.1) is 0 Å². The third-order valence-corrected chi connectivity index (χ3v) is 6.25. The number of hydrogen-bond acceptors (Lipinski definition) is 1. The Hall–Kier alpha value is -3.84. The molecule has 0 amide bonds. The van der Waals surface area contributed by atoms with Crippen LogP contribution in [-0.4, -0.2) is 7.05 Å². The number of hydrogen-bond donors (Lipinski definition) is 0. The van der Waals surface area contributed by atoms with E-state index in [0.29, 0.717) is 0 Å². The first-order chi connectivity index (χ1) is 14.8. The van der Waals surface area contributed by atoms with Crippen molar-refractivity contribution in [3.8, 4) is 33.4 Å². The maximum atomic E-state index is 2.29. The molecule has 30 heavy (non-hydrogen) atoms. The molecule has 1 heteroatoms. The molecule has 142 valence electrons. The molecule has 5 aromatic rings. The second-order valence-electron chi connectivity index (χ2n) is 7.88. The second kappa shape index (κ2) is 6.60. The summed E-state index contributed by atoms with van der Waals surface area (Å²) in [6.45, 7) is 0. The second-order valence-corrected chi connectivity index (χ2v) is 7.88. The van der Waals surface area contributed by atoms with Crippen LogP contribution in [0.4, 0.5) is 11.4 Å². The van der Waals surface area contributed by atoms with Crippen LogP contribution < -0.4 is 4.90 Å². The standard InChI is InChI=1S/C29H21N/c1-30(22-16-14-21(15-17-22)20-8-3-2-4-9-20)28-19-18-26-24-11-6-5-10-23(24)25-12-7-13-27(28)29(25)26/h2-19H,1H3. The van der Waals surface area contributed by atoms with Crippen molar-refractivity contribution in [2.75, 3.05) is 11.9 Å². The van der Waals surface area contributed by atoms with E-state index in [1.54, 1.807) is 0 Å². The zero-order valence-corrected chi connectivity index (χ0v) is 16.8. The van der Waals surface area contributed by atoms with Gasteiger partial charge >= 0.3 is 0 Å². The average molecular weight is 383 g/mol. The van der Waals surface area contributed by atoms with Gasteiger partial charge in [0.1, 0.15) is 0 Å². The summed E-state index contributed by atoms with van der Waals surface area (Å²) in [7, 11) is 2.16. The van der Waals surface area contributed by atoms with Gasteiger partial charge in [-0.3, -0.25) is 0 Å². The molecule has 0 heterocycles. The molecule has 0 N–H and O–H groups in total. The first kappa shape index (κ1) is 17.1. The van der Waals surface area contributed by atoms with E-state index in [2.05, 4.69) is 121 Å². The topological polar surface area (TPSA) is 3.24 Å². The first-order valence-corrected chi connectivity index (χ1v) is 10.4. The fraction of sp³-hybridized carbons (Fsp3) is 0.0345. The Balaban J connectivity index is 1.45. The SMILES string of the molecule is CN(c1ccc(-c2ccccc2)cc1)c1ccc2c3c(cccc13)-c1ccccc1-2. The van der Waals surface area contributed by atoms with E-state index in [9.17, 15) is 0 Å². The van der Waals surface area contributed by atoms with Crippen molar-refractivity contribution in [2.24, 2.45) is 0 Å². The monoisotopic (exact) mass is 383 g/mol. The summed E-state index contributed by atoms with van der Waals surface area (Å²) in [6, 6.07) is 39.3. The van der Waals surface area contributed by atoms with Gasteiger partial charge in [0.15, 0.2) is 0 Å². The normalized spacial score (nSPS) is 11.5. The Morgan fingerprint density at radius 2 is 1.07 bits per heavy atom. The molecule has 0 aliphatic heterocycles. The van der Waals surface area contributed by atoms with Crippen LogP contribution in [0.2, 0.25) is 0 Å². The van der Waals surface area contributed by atoms with E-state index in [1.807, 2.05) is 0 Å². The van der Waals surface area contributed by atoms with E-state index in [-0.39, 0.29) is 0 Å². The lowest BCUT2D eigenvalue weighted by Crippen LogP contribution is -2.09. The van der Waals surface area contributed by atoms with Gasteiger partial charge in [-0.15, -0.1) is 0 Å². The maximum Gasteiger partial charge on any atom is 0.0488 e. The molecule has 5 aromatic carbocycles. The minimum Gasteiger partial charge on any atom is -0.344 e. The van der Waals surface area contributed by atoms with Crippen molar-refractivity contribution >= 4 is 22.1 Å². The molecule has 0 unspecified atom stereocenters. The lowest BCUT2D eigenvalue weighted by atomic mass is 10.0. The van der Waals surface area contributed by atoms with Crippen LogP contribution in [0.1, 0.15) is 0 Å². The molecule has 0 aromatic heterocycles. The van der Waals surface area contributed by atoms with Crippen molar-refractivity contribution in [1.29, 1.82) is 0 Å². The van der Waals surface area contributed by atoms with Crippen LogP contribution in [0.5, 0.6) is 0 Å². The van der Waals surface area contributed by atoms with Gasteiger partial charge in [0.05, 0.1) is 0 Å². The quantitative estimate of drug-likeness (QED) is 0.300. The lowest BCUT2D eigenvalue weighted by Gasteiger charge is -2.22. The number of rotatable bonds is 3. The molecule has 0 bridgehead atoms. The van der Waals surface area contributed by atoms with Gasteiger partial charge in [-0.2, -0.15) is 0 Å². The van der Waals surface area contributed by atoms with Crippen molar-refractivity contribution in [3.05, 3.63) is 109 Å². The Morgan fingerprint density at radius 3 is 1.80 bits per heavy atom. The van der Waals surface area contributed by atoms with Crippen LogP contribution in [0.3, 0.4) is 0 Å². The van der Waals surface area contributed by atoms with Crippen LogP contribution in [-0.2, 0) is 0 Å². The van der Waals surface area contributed by atoms with E-state index in [1.165, 1.54) is 55.5 Å². The Kier molecular flexibility index (Phi) is 3.75. The number of nitrogens with zero attached hydrogens (tertiary/aromatic N) is 1. The van der Waals surface area contributed by atoms with Gasteiger partial charge in [-0.05, 0) is 57.0 Å². The van der Waals surface area contributed by atoms with Crippen LogP contribution in [0.25, 0.3) is 44.2 Å². The average Bonchev–Trinajstić information content (AvgIpc) is 3.15. The predicted molar refractivity (Wildman–Crippen MR) is 128 cm³/mol. The smallest absolute Gasteiger partial charge is 0.0488 e. The summed E-state index contributed by atoms with van der Waals surface area (Å²) in [6.07, 6.45) is 0. The van der Waals surface area contributed by atoms with Crippen molar-refractivity contribution in [3.63, 3.8) is 0 Å². The van der Waals surface area contributed by atoms with Gasteiger partial charge in [0.25, 0.3) is 0 Å². The first-order valence-electron chi connectivity index (χ1n) is 10.4. The molecule has 0 spiro atoms. The van der Waals surface area contributed by atoms with Crippen molar-refractivity contribution in [2.45, 2.75) is 0 Å². The Morgan fingerprint density at radius 1 is 0.467 bits per heavy atom. The minimum absolute atomic E-state index is 1.19. The lowest BCUT2D eigenvalue weighted by molar-refractivity contribution is 1.22. The molecule has 0 radical (unpaired) electrons. The highest BCUT2D eigenvalue weighted by molar-refractivity contribution is 6.18. The van der Waals surface area contributed by atoms with E-state index in [0.717, 1.165) is 0 Å². The molecule has 0 saturated carbocycles. The minimum atomic E-state index is 1.19. The summed E-state index contributed by atoms with van der Waals surface area (Å²) in [5.74, 6) is 0. The predicted octanol–water partition coefficient (Wildman–Crippen LogP) is 7.92. The van der Waals surface area contributed by atoms with E-state index >= 15 is 0 Å². The highest BCUT2D eigenvalue weighted by Gasteiger charge is 2.22. The molecule has 6 rings (SSSR count). The number of fused-ring (bicyclic) bond motifs is 3. The summed E-state index contributed by atoms with van der Waals surface area (Å²) < 4.78 is 0. The van der Waals surface area contributed by atoms with Gasteiger partial charge in [-0.1, -0.05) is 91.0 Å². The zero-order valence-electron chi connectivity index (χ0n) is 16.8. The summed E-state index contributed by atoms with van der Waals surface area (Å²) in [5, 5.41) is 2.67. The molecule has 0 saturated heterocycles. The molecule has 1 nitrogen and oxygen atoms in total. The maximum absolute atomic E-state index is 2.29. The fourth-order valence-electron chi connectivity index (χ4n) is 4.73. The molecule has 1 aliphatic rings. The number of anilines is 2. The number of benzene rings is 5.